The summed E-state index contributed by atoms with van der Waals surface area (Å²) in [6.45, 7) is 0.870. The van der Waals surface area contributed by atoms with Gasteiger partial charge in [-0.15, -0.1) is 0 Å². The highest BCUT2D eigenvalue weighted by Crippen LogP contribution is 2.38. The Hall–Kier alpha value is -1.29. The van der Waals surface area contributed by atoms with Crippen LogP contribution in [0.3, 0.4) is 0 Å². The second kappa shape index (κ2) is 4.06. The molecule has 0 unspecified atom stereocenters. The van der Waals surface area contributed by atoms with Gasteiger partial charge >= 0.3 is 5.97 Å². The average molecular weight is 209 g/mol. The predicted octanol–water partition coefficient (Wildman–Crippen LogP) is 0.201. The fraction of sp³-hybridized carbons (Fsp3) is 0.545. The SMILES string of the molecule is COC(=O)C1=CNC[C@H]2C(CO)=CC[C@@H]12. The minimum atomic E-state index is -0.273. The van der Waals surface area contributed by atoms with Crippen LogP contribution in [-0.4, -0.2) is 31.3 Å². The van der Waals surface area contributed by atoms with Crippen molar-refractivity contribution in [3.8, 4) is 0 Å². The van der Waals surface area contributed by atoms with Crippen molar-refractivity contribution < 1.29 is 14.6 Å². The number of esters is 1. The second-order valence-electron chi connectivity index (χ2n) is 3.89. The third-order valence-corrected chi connectivity index (χ3v) is 3.19. The molecule has 82 valence electrons. The first-order chi connectivity index (χ1) is 7.27. The smallest absolute Gasteiger partial charge is 0.335 e. The van der Waals surface area contributed by atoms with Crippen molar-refractivity contribution in [2.24, 2.45) is 11.8 Å². The molecule has 0 saturated heterocycles. The number of hydrogen-bond donors (Lipinski definition) is 2. The zero-order valence-electron chi connectivity index (χ0n) is 8.69. The van der Waals surface area contributed by atoms with E-state index in [-0.39, 0.29) is 24.4 Å². The lowest BCUT2D eigenvalue weighted by Gasteiger charge is -2.28. The topological polar surface area (TPSA) is 58.6 Å². The molecule has 1 heterocycles. The Bertz CT molecular complexity index is 333. The predicted molar refractivity (Wildman–Crippen MR) is 54.9 cm³/mol. The van der Waals surface area contributed by atoms with Gasteiger partial charge < -0.3 is 15.2 Å². The number of fused-ring (bicyclic) bond motifs is 1. The normalized spacial score (nSPS) is 28.7. The van der Waals surface area contributed by atoms with Gasteiger partial charge in [0.15, 0.2) is 0 Å². The van der Waals surface area contributed by atoms with Gasteiger partial charge in [-0.1, -0.05) is 6.08 Å². The molecule has 0 aromatic carbocycles. The van der Waals surface area contributed by atoms with E-state index in [4.69, 9.17) is 9.84 Å². The highest BCUT2D eigenvalue weighted by atomic mass is 16.5. The first-order valence-corrected chi connectivity index (χ1v) is 5.09. The molecule has 1 aliphatic heterocycles. The number of nitrogens with one attached hydrogen (secondary N) is 1. The molecule has 2 aliphatic rings. The maximum atomic E-state index is 11.5. The van der Waals surface area contributed by atoms with Gasteiger partial charge in [0, 0.05) is 24.6 Å². The standard InChI is InChI=1S/C11H15NO3/c1-15-11(14)10-5-12-4-9-7(6-13)2-3-8(9)10/h2,5,8-9,12-13H,3-4,6H2,1H3/t8-,9+/m1/s1. The minimum absolute atomic E-state index is 0.0807. The molecular formula is C11H15NO3. The minimum Gasteiger partial charge on any atom is -0.466 e. The quantitative estimate of drug-likeness (QED) is 0.504. The molecule has 15 heavy (non-hydrogen) atoms. The van der Waals surface area contributed by atoms with E-state index in [1.54, 1.807) is 6.20 Å². The third kappa shape index (κ3) is 1.65. The van der Waals surface area contributed by atoms with E-state index in [0.29, 0.717) is 5.57 Å². The monoisotopic (exact) mass is 209 g/mol. The van der Waals surface area contributed by atoms with Crippen LogP contribution >= 0.6 is 0 Å². The van der Waals surface area contributed by atoms with Crippen LogP contribution in [0.15, 0.2) is 23.4 Å². The van der Waals surface area contributed by atoms with E-state index in [1.807, 2.05) is 6.08 Å². The Morgan fingerprint density at radius 2 is 2.47 bits per heavy atom. The van der Waals surface area contributed by atoms with Crippen molar-refractivity contribution in [2.45, 2.75) is 6.42 Å². The van der Waals surface area contributed by atoms with Crippen LogP contribution in [0.1, 0.15) is 6.42 Å². The molecule has 0 spiro atoms. The fourth-order valence-corrected chi connectivity index (χ4v) is 2.38. The van der Waals surface area contributed by atoms with E-state index in [0.717, 1.165) is 18.5 Å². The molecule has 2 atom stereocenters. The molecule has 0 aromatic rings. The molecule has 1 aliphatic carbocycles. The number of methoxy groups -OCH3 is 1. The van der Waals surface area contributed by atoms with Crippen molar-refractivity contribution in [3.05, 3.63) is 23.4 Å². The Morgan fingerprint density at radius 3 is 3.13 bits per heavy atom. The van der Waals surface area contributed by atoms with Gasteiger partial charge in [-0.25, -0.2) is 4.79 Å². The van der Waals surface area contributed by atoms with Gasteiger partial charge in [0.1, 0.15) is 0 Å². The highest BCUT2D eigenvalue weighted by molar-refractivity contribution is 5.89. The van der Waals surface area contributed by atoms with Crippen LogP contribution in [0.5, 0.6) is 0 Å². The van der Waals surface area contributed by atoms with Crippen LogP contribution in [0.25, 0.3) is 0 Å². The van der Waals surface area contributed by atoms with Gasteiger partial charge in [-0.2, -0.15) is 0 Å². The van der Waals surface area contributed by atoms with E-state index in [2.05, 4.69) is 5.32 Å². The van der Waals surface area contributed by atoms with E-state index < -0.39 is 0 Å². The number of aliphatic hydroxyl groups is 1. The summed E-state index contributed by atoms with van der Waals surface area (Å²) >= 11 is 0. The summed E-state index contributed by atoms with van der Waals surface area (Å²) in [6, 6.07) is 0. The van der Waals surface area contributed by atoms with Gasteiger partial charge in [0.25, 0.3) is 0 Å². The number of allylic oxidation sites excluding steroid dienone is 1. The van der Waals surface area contributed by atoms with Crippen molar-refractivity contribution in [1.82, 2.24) is 5.32 Å². The maximum Gasteiger partial charge on any atom is 0.335 e. The zero-order chi connectivity index (χ0) is 10.8. The molecule has 2 rings (SSSR count). The summed E-state index contributed by atoms with van der Waals surface area (Å²) in [4.78, 5) is 11.5. The zero-order valence-corrected chi connectivity index (χ0v) is 8.69. The van der Waals surface area contributed by atoms with Gasteiger partial charge in [0.05, 0.1) is 19.3 Å². The fourth-order valence-electron chi connectivity index (χ4n) is 2.38. The number of hydrogen-bond acceptors (Lipinski definition) is 4. The third-order valence-electron chi connectivity index (χ3n) is 3.19. The Balaban J connectivity index is 2.18. The largest absolute Gasteiger partial charge is 0.466 e. The van der Waals surface area contributed by atoms with Crippen LogP contribution in [-0.2, 0) is 9.53 Å². The van der Waals surface area contributed by atoms with Crippen LogP contribution in [0.2, 0.25) is 0 Å². The molecule has 0 amide bonds. The van der Waals surface area contributed by atoms with Crippen LogP contribution < -0.4 is 5.32 Å². The number of carbonyl (C=O) groups excluding carboxylic acids is 1. The van der Waals surface area contributed by atoms with E-state index in [9.17, 15) is 4.79 Å². The summed E-state index contributed by atoms with van der Waals surface area (Å²) in [6.07, 6.45) is 4.59. The summed E-state index contributed by atoms with van der Waals surface area (Å²) in [5.74, 6) is 0.153. The Kier molecular flexibility index (Phi) is 2.77. The average Bonchev–Trinajstić information content (AvgIpc) is 2.70. The summed E-state index contributed by atoms with van der Waals surface area (Å²) in [7, 11) is 1.39. The molecule has 4 nitrogen and oxygen atoms in total. The Morgan fingerprint density at radius 1 is 1.67 bits per heavy atom. The molecule has 0 radical (unpaired) electrons. The molecule has 2 N–H and O–H groups in total. The Labute approximate surface area is 88.6 Å². The number of rotatable bonds is 2. The van der Waals surface area contributed by atoms with Gasteiger partial charge in [0.2, 0.25) is 0 Å². The summed E-state index contributed by atoms with van der Waals surface area (Å²) in [5, 5.41) is 12.2. The van der Waals surface area contributed by atoms with Gasteiger partial charge in [-0.3, -0.25) is 0 Å². The van der Waals surface area contributed by atoms with Crippen LogP contribution in [0, 0.1) is 11.8 Å². The summed E-state index contributed by atoms with van der Waals surface area (Å²) < 4.78 is 4.73. The molecular weight excluding hydrogens is 194 g/mol. The molecule has 4 heteroatoms. The molecule has 0 fully saturated rings. The molecule has 0 aromatic heterocycles. The van der Waals surface area contributed by atoms with Crippen molar-refractivity contribution in [3.63, 3.8) is 0 Å². The molecule has 0 saturated carbocycles. The van der Waals surface area contributed by atoms with Crippen molar-refractivity contribution >= 4 is 5.97 Å². The second-order valence-corrected chi connectivity index (χ2v) is 3.89. The van der Waals surface area contributed by atoms with E-state index in [1.165, 1.54) is 7.11 Å². The van der Waals surface area contributed by atoms with Gasteiger partial charge in [-0.05, 0) is 12.0 Å². The lowest BCUT2D eigenvalue weighted by atomic mass is 9.83. The van der Waals surface area contributed by atoms with Crippen LogP contribution in [0.4, 0.5) is 0 Å². The van der Waals surface area contributed by atoms with Crippen molar-refractivity contribution in [2.75, 3.05) is 20.3 Å². The number of aliphatic hydroxyl groups excluding tert-OH is 1. The maximum absolute atomic E-state index is 11.5. The summed E-state index contributed by atoms with van der Waals surface area (Å²) in [5.41, 5.74) is 1.72. The first kappa shape index (κ1) is 10.2. The highest BCUT2D eigenvalue weighted by Gasteiger charge is 2.36. The number of ether oxygens (including phenoxy) is 1. The number of carbonyl (C=O) groups is 1. The lowest BCUT2D eigenvalue weighted by molar-refractivity contribution is -0.137. The lowest BCUT2D eigenvalue weighted by Crippen LogP contribution is -2.34. The van der Waals surface area contributed by atoms with Crippen molar-refractivity contribution in [1.29, 1.82) is 0 Å². The molecule has 0 bridgehead atoms. The van der Waals surface area contributed by atoms with E-state index >= 15 is 0 Å². The first-order valence-electron chi connectivity index (χ1n) is 5.09.